The van der Waals surface area contributed by atoms with E-state index in [0.29, 0.717) is 28.5 Å². The molecule has 0 aliphatic carbocycles. The van der Waals surface area contributed by atoms with Gasteiger partial charge in [-0.3, -0.25) is 4.79 Å². The Morgan fingerprint density at radius 2 is 1.90 bits per heavy atom. The van der Waals surface area contributed by atoms with E-state index in [1.165, 1.54) is 0 Å². The van der Waals surface area contributed by atoms with Crippen LogP contribution >= 0.6 is 11.6 Å². The third-order valence-corrected chi connectivity index (χ3v) is 7.29. The molecule has 0 radical (unpaired) electrons. The van der Waals surface area contributed by atoms with Crippen molar-refractivity contribution in [1.29, 1.82) is 0 Å². The number of carbonyl (C=O) groups is 1. The molecule has 0 N–H and O–H groups in total. The highest BCUT2D eigenvalue weighted by molar-refractivity contribution is 7.91. The monoisotopic (exact) mass is 443 g/mol. The van der Waals surface area contributed by atoms with Crippen molar-refractivity contribution >= 4 is 27.3 Å². The van der Waals surface area contributed by atoms with Crippen molar-refractivity contribution in [3.05, 3.63) is 82.6 Å². The molecular weight excluding hydrogens is 422 g/mol. The van der Waals surface area contributed by atoms with Gasteiger partial charge in [0.2, 0.25) is 0 Å². The predicted octanol–water partition coefficient (Wildman–Crippen LogP) is 4.74. The van der Waals surface area contributed by atoms with Crippen LogP contribution in [0.3, 0.4) is 0 Å². The van der Waals surface area contributed by atoms with Gasteiger partial charge in [0, 0.05) is 22.2 Å². The average molecular weight is 444 g/mol. The lowest BCUT2D eigenvalue weighted by Crippen LogP contribution is -2.40. The number of furan rings is 1. The molecule has 30 heavy (non-hydrogen) atoms. The number of halogens is 1. The first-order valence-electron chi connectivity index (χ1n) is 9.73. The van der Waals surface area contributed by atoms with Crippen molar-refractivity contribution in [2.45, 2.75) is 25.9 Å². The highest BCUT2D eigenvalue weighted by Crippen LogP contribution is 2.27. The van der Waals surface area contributed by atoms with Gasteiger partial charge in [-0.15, -0.1) is 0 Å². The fraction of sp³-hybridized carbons (Fsp3) is 0.261. The Morgan fingerprint density at radius 1 is 1.13 bits per heavy atom. The standard InChI is InChI=1S/C23H22ClNO4S/c1-16-5-7-17(8-6-16)23(26)25(20-11-12-30(27,28)15-20)14-21-9-10-22(29-21)18-3-2-4-19(24)13-18/h2-10,13,20H,11-12,14-15H2,1H3. The molecule has 2 heterocycles. The van der Waals surface area contributed by atoms with Crippen molar-refractivity contribution in [2.24, 2.45) is 0 Å². The van der Waals surface area contributed by atoms with E-state index in [4.69, 9.17) is 16.0 Å². The molecule has 3 aromatic rings. The summed E-state index contributed by atoms with van der Waals surface area (Å²) in [5.41, 5.74) is 2.43. The zero-order chi connectivity index (χ0) is 21.3. The van der Waals surface area contributed by atoms with Crippen molar-refractivity contribution < 1.29 is 17.6 Å². The molecule has 7 heteroatoms. The van der Waals surface area contributed by atoms with Gasteiger partial charge in [0.05, 0.1) is 18.1 Å². The fourth-order valence-electron chi connectivity index (χ4n) is 3.68. The molecule has 2 aromatic carbocycles. The maximum atomic E-state index is 13.3. The van der Waals surface area contributed by atoms with Crippen LogP contribution < -0.4 is 0 Å². The topological polar surface area (TPSA) is 67.6 Å². The molecule has 1 amide bonds. The third kappa shape index (κ3) is 4.60. The molecule has 5 nitrogen and oxygen atoms in total. The van der Waals surface area contributed by atoms with E-state index in [1.807, 2.05) is 49.4 Å². The smallest absolute Gasteiger partial charge is 0.254 e. The molecule has 1 saturated heterocycles. The summed E-state index contributed by atoms with van der Waals surface area (Å²) in [4.78, 5) is 14.9. The molecule has 0 spiro atoms. The number of hydrogen-bond acceptors (Lipinski definition) is 4. The maximum absolute atomic E-state index is 13.3. The van der Waals surface area contributed by atoms with E-state index < -0.39 is 9.84 Å². The summed E-state index contributed by atoms with van der Waals surface area (Å²) in [5.74, 6) is 1.12. The van der Waals surface area contributed by atoms with E-state index in [2.05, 4.69) is 0 Å². The van der Waals surface area contributed by atoms with Gasteiger partial charge < -0.3 is 9.32 Å². The SMILES string of the molecule is Cc1ccc(C(=O)N(Cc2ccc(-c3cccc(Cl)c3)o2)C2CCS(=O)(=O)C2)cc1. The quantitative estimate of drug-likeness (QED) is 0.571. The van der Waals surface area contributed by atoms with E-state index >= 15 is 0 Å². The van der Waals surface area contributed by atoms with Gasteiger partial charge in [0.15, 0.2) is 9.84 Å². The Kier molecular flexibility index (Phi) is 5.71. The Labute approximate surface area is 181 Å². The van der Waals surface area contributed by atoms with Crippen LogP contribution in [0.25, 0.3) is 11.3 Å². The zero-order valence-corrected chi connectivity index (χ0v) is 18.1. The van der Waals surface area contributed by atoms with E-state index in [-0.39, 0.29) is 30.0 Å². The predicted molar refractivity (Wildman–Crippen MR) is 117 cm³/mol. The summed E-state index contributed by atoms with van der Waals surface area (Å²) >= 11 is 6.07. The number of carbonyl (C=O) groups excluding carboxylic acids is 1. The first-order chi connectivity index (χ1) is 14.3. The Hall–Kier alpha value is -2.57. The highest BCUT2D eigenvalue weighted by Gasteiger charge is 2.35. The van der Waals surface area contributed by atoms with Gasteiger partial charge in [-0.2, -0.15) is 0 Å². The number of amides is 1. The zero-order valence-electron chi connectivity index (χ0n) is 16.5. The Bertz CT molecular complexity index is 1170. The Balaban J connectivity index is 1.62. The number of hydrogen-bond donors (Lipinski definition) is 0. The molecule has 1 unspecified atom stereocenters. The maximum Gasteiger partial charge on any atom is 0.254 e. The molecule has 0 bridgehead atoms. The van der Waals surface area contributed by atoms with Gasteiger partial charge in [-0.25, -0.2) is 8.42 Å². The summed E-state index contributed by atoms with van der Waals surface area (Å²) in [5, 5.41) is 0.609. The molecule has 1 fully saturated rings. The van der Waals surface area contributed by atoms with Crippen LogP contribution in [0.1, 0.15) is 28.1 Å². The van der Waals surface area contributed by atoms with Crippen LogP contribution in [0.2, 0.25) is 5.02 Å². The van der Waals surface area contributed by atoms with Crippen molar-refractivity contribution in [3.63, 3.8) is 0 Å². The minimum absolute atomic E-state index is 0.0214. The number of sulfone groups is 1. The number of benzene rings is 2. The molecule has 1 atom stereocenters. The molecule has 156 valence electrons. The molecule has 0 saturated carbocycles. The van der Waals surface area contributed by atoms with Gasteiger partial charge >= 0.3 is 0 Å². The molecular formula is C23H22ClNO4S. The second-order valence-electron chi connectivity index (χ2n) is 7.63. The molecule has 1 aliphatic heterocycles. The number of rotatable bonds is 5. The van der Waals surface area contributed by atoms with Crippen LogP contribution in [-0.2, 0) is 16.4 Å². The lowest BCUT2D eigenvalue weighted by molar-refractivity contribution is 0.0666. The van der Waals surface area contributed by atoms with E-state index in [1.54, 1.807) is 23.1 Å². The summed E-state index contributed by atoms with van der Waals surface area (Å²) in [7, 11) is -3.14. The number of nitrogens with zero attached hydrogens (tertiary/aromatic N) is 1. The second kappa shape index (κ2) is 8.28. The van der Waals surface area contributed by atoms with Crippen LogP contribution in [0, 0.1) is 6.92 Å². The summed E-state index contributed by atoms with van der Waals surface area (Å²) in [6, 6.07) is 17.9. The second-order valence-corrected chi connectivity index (χ2v) is 10.3. The minimum Gasteiger partial charge on any atom is -0.459 e. The van der Waals surface area contributed by atoms with Crippen LogP contribution in [0.15, 0.2) is 65.1 Å². The lowest BCUT2D eigenvalue weighted by atomic mass is 10.1. The number of aryl methyl sites for hydroxylation is 1. The van der Waals surface area contributed by atoms with Gasteiger partial charge in [-0.05, 0) is 49.7 Å². The summed E-state index contributed by atoms with van der Waals surface area (Å²) in [6.45, 7) is 2.16. The third-order valence-electron chi connectivity index (χ3n) is 5.31. The van der Waals surface area contributed by atoms with Gasteiger partial charge in [0.25, 0.3) is 5.91 Å². The van der Waals surface area contributed by atoms with Crippen molar-refractivity contribution in [1.82, 2.24) is 4.90 Å². The largest absolute Gasteiger partial charge is 0.459 e. The first kappa shape index (κ1) is 20.7. The van der Waals surface area contributed by atoms with E-state index in [0.717, 1.165) is 11.1 Å². The van der Waals surface area contributed by atoms with Crippen LogP contribution in [0.4, 0.5) is 0 Å². The summed E-state index contributed by atoms with van der Waals surface area (Å²) in [6.07, 6.45) is 0.432. The highest BCUT2D eigenvalue weighted by atomic mass is 35.5. The fourth-order valence-corrected chi connectivity index (χ4v) is 5.60. The minimum atomic E-state index is -3.14. The molecule has 1 aromatic heterocycles. The van der Waals surface area contributed by atoms with Gasteiger partial charge in [-0.1, -0.05) is 41.4 Å². The van der Waals surface area contributed by atoms with E-state index in [9.17, 15) is 13.2 Å². The first-order valence-corrected chi connectivity index (χ1v) is 11.9. The van der Waals surface area contributed by atoms with Gasteiger partial charge in [0.1, 0.15) is 11.5 Å². The molecule has 1 aliphatic rings. The normalized spacial score (nSPS) is 17.7. The Morgan fingerprint density at radius 3 is 2.57 bits per heavy atom. The van der Waals surface area contributed by atoms with Crippen molar-refractivity contribution in [2.75, 3.05) is 11.5 Å². The molecule has 4 rings (SSSR count). The lowest BCUT2D eigenvalue weighted by Gasteiger charge is -2.27. The summed E-state index contributed by atoms with van der Waals surface area (Å²) < 4.78 is 30.1. The average Bonchev–Trinajstić information content (AvgIpc) is 3.32. The van der Waals surface area contributed by atoms with Crippen LogP contribution in [-0.4, -0.2) is 36.8 Å². The van der Waals surface area contributed by atoms with Crippen LogP contribution in [0.5, 0.6) is 0 Å². The van der Waals surface area contributed by atoms with Crippen molar-refractivity contribution in [3.8, 4) is 11.3 Å².